The van der Waals surface area contributed by atoms with Crippen molar-refractivity contribution in [2.75, 3.05) is 20.5 Å². The summed E-state index contributed by atoms with van der Waals surface area (Å²) in [5, 5.41) is 0.990. The number of sulfone groups is 1. The summed E-state index contributed by atoms with van der Waals surface area (Å²) in [6.07, 6.45) is 1.16. The van der Waals surface area contributed by atoms with Crippen molar-refractivity contribution >= 4 is 40.0 Å². The summed E-state index contributed by atoms with van der Waals surface area (Å²) < 4.78 is 44.8. The Balaban J connectivity index is 1.95. The van der Waals surface area contributed by atoms with Crippen molar-refractivity contribution in [2.24, 2.45) is 0 Å². The van der Waals surface area contributed by atoms with E-state index in [1.54, 1.807) is 32.4 Å². The standard InChI is InChI=1S/C29H35NO6SSi/c1-29(2,3)38(7,8)36-28-25(34-4)15-19(16-26(28)35-5)18-30-23-12-10-9-11-21(23)27(31)22-14-13-20(17-24(22)30)37(6,32)33/h9-17H,18H2,1-8H3. The summed E-state index contributed by atoms with van der Waals surface area (Å²) >= 11 is 0. The minimum atomic E-state index is -3.47. The van der Waals surface area contributed by atoms with E-state index in [1.165, 1.54) is 6.07 Å². The molecule has 38 heavy (non-hydrogen) atoms. The normalized spacial score (nSPS) is 12.6. The van der Waals surface area contributed by atoms with Crippen molar-refractivity contribution < 1.29 is 22.3 Å². The molecule has 1 heterocycles. The molecule has 0 aliphatic carbocycles. The van der Waals surface area contributed by atoms with E-state index in [1.807, 2.05) is 34.9 Å². The summed E-state index contributed by atoms with van der Waals surface area (Å²) in [5.74, 6) is 1.67. The van der Waals surface area contributed by atoms with Gasteiger partial charge in [-0.2, -0.15) is 0 Å². The molecule has 9 heteroatoms. The number of methoxy groups -OCH3 is 2. The molecular weight excluding hydrogens is 518 g/mol. The molecule has 0 bridgehead atoms. The second kappa shape index (κ2) is 9.78. The van der Waals surface area contributed by atoms with Crippen molar-refractivity contribution in [2.45, 2.75) is 50.3 Å². The summed E-state index contributed by atoms with van der Waals surface area (Å²) in [7, 11) is -2.47. The van der Waals surface area contributed by atoms with Gasteiger partial charge < -0.3 is 18.5 Å². The molecule has 7 nitrogen and oxygen atoms in total. The van der Waals surface area contributed by atoms with E-state index in [0.717, 1.165) is 11.8 Å². The third kappa shape index (κ3) is 5.04. The molecule has 0 saturated heterocycles. The van der Waals surface area contributed by atoms with Crippen molar-refractivity contribution in [3.8, 4) is 17.2 Å². The molecule has 0 unspecified atom stereocenters. The summed E-state index contributed by atoms with van der Waals surface area (Å²) in [4.78, 5) is 13.5. The van der Waals surface area contributed by atoms with Gasteiger partial charge in [0.15, 0.2) is 32.5 Å². The monoisotopic (exact) mass is 553 g/mol. The Bertz CT molecular complexity index is 1680. The molecule has 4 aromatic rings. The first-order chi connectivity index (χ1) is 17.7. The topological polar surface area (TPSA) is 83.8 Å². The molecule has 0 aliphatic rings. The smallest absolute Gasteiger partial charge is 0.250 e. The lowest BCUT2D eigenvalue weighted by Gasteiger charge is -2.37. The maximum Gasteiger partial charge on any atom is 0.250 e. The number of fused-ring (bicyclic) bond motifs is 2. The average molecular weight is 554 g/mol. The number of hydrogen-bond donors (Lipinski definition) is 0. The first-order valence-electron chi connectivity index (χ1n) is 12.4. The molecular formula is C29H35NO6SSi. The molecule has 0 saturated carbocycles. The van der Waals surface area contributed by atoms with Gasteiger partial charge in [0.25, 0.3) is 8.32 Å². The highest BCUT2D eigenvalue weighted by molar-refractivity contribution is 7.90. The predicted molar refractivity (Wildman–Crippen MR) is 155 cm³/mol. The Morgan fingerprint density at radius 3 is 2.00 bits per heavy atom. The van der Waals surface area contributed by atoms with E-state index in [4.69, 9.17) is 13.9 Å². The van der Waals surface area contributed by atoms with Crippen LogP contribution in [0.2, 0.25) is 18.1 Å². The van der Waals surface area contributed by atoms with E-state index >= 15 is 0 Å². The van der Waals surface area contributed by atoms with Crippen LogP contribution in [0.3, 0.4) is 0 Å². The number of hydrogen-bond acceptors (Lipinski definition) is 6. The van der Waals surface area contributed by atoms with E-state index < -0.39 is 18.2 Å². The van der Waals surface area contributed by atoms with Gasteiger partial charge in [-0.25, -0.2) is 8.42 Å². The maximum atomic E-state index is 13.3. The van der Waals surface area contributed by atoms with Gasteiger partial charge in [-0.05, 0) is 66.2 Å². The fourth-order valence-electron chi connectivity index (χ4n) is 4.22. The fraction of sp³-hybridized carbons (Fsp3) is 0.345. The average Bonchev–Trinajstić information content (AvgIpc) is 2.85. The number of rotatable bonds is 7. The fourth-order valence-corrected chi connectivity index (χ4v) is 5.88. The largest absolute Gasteiger partial charge is 0.539 e. The molecule has 0 spiro atoms. The van der Waals surface area contributed by atoms with Crippen LogP contribution in [0.25, 0.3) is 21.8 Å². The number of ether oxygens (including phenoxy) is 2. The predicted octanol–water partition coefficient (Wildman–Crippen LogP) is 6.01. The van der Waals surface area contributed by atoms with Crippen molar-refractivity contribution in [1.29, 1.82) is 0 Å². The van der Waals surface area contributed by atoms with Crippen LogP contribution in [0.15, 0.2) is 64.3 Å². The van der Waals surface area contributed by atoms with Gasteiger partial charge in [-0.15, -0.1) is 0 Å². The second-order valence-corrected chi connectivity index (χ2v) is 17.8. The Labute approximate surface area is 225 Å². The molecule has 202 valence electrons. The highest BCUT2D eigenvalue weighted by Gasteiger charge is 2.40. The summed E-state index contributed by atoms with van der Waals surface area (Å²) in [6, 6.07) is 15.8. The van der Waals surface area contributed by atoms with Crippen LogP contribution >= 0.6 is 0 Å². The lowest BCUT2D eigenvalue weighted by atomic mass is 10.1. The first-order valence-corrected chi connectivity index (χ1v) is 17.2. The van der Waals surface area contributed by atoms with Gasteiger partial charge in [-0.3, -0.25) is 4.79 Å². The van der Waals surface area contributed by atoms with E-state index in [0.29, 0.717) is 45.6 Å². The Kier molecular flexibility index (Phi) is 7.13. The van der Waals surface area contributed by atoms with Crippen LogP contribution < -0.4 is 19.3 Å². The van der Waals surface area contributed by atoms with Crippen LogP contribution in [-0.2, 0) is 16.4 Å². The van der Waals surface area contributed by atoms with Crippen molar-refractivity contribution in [3.05, 3.63) is 70.4 Å². The SMILES string of the molecule is COc1cc(Cn2c3ccccc3c(=O)c3ccc(S(C)(=O)=O)cc32)cc(OC)c1O[Si](C)(C)C(C)(C)C. The number of para-hydroxylation sites is 1. The van der Waals surface area contributed by atoms with Gasteiger partial charge in [0.1, 0.15) is 0 Å². The van der Waals surface area contributed by atoms with E-state index in [9.17, 15) is 13.2 Å². The van der Waals surface area contributed by atoms with E-state index in [2.05, 4.69) is 33.9 Å². The first kappa shape index (κ1) is 27.7. The molecule has 0 aliphatic heterocycles. The van der Waals surface area contributed by atoms with Gasteiger partial charge in [0.05, 0.1) is 30.1 Å². The third-order valence-electron chi connectivity index (χ3n) is 7.40. The zero-order valence-corrected chi connectivity index (χ0v) is 25.0. The molecule has 0 radical (unpaired) electrons. The molecule has 3 aromatic carbocycles. The maximum absolute atomic E-state index is 13.3. The van der Waals surface area contributed by atoms with Gasteiger partial charge >= 0.3 is 0 Å². The van der Waals surface area contributed by atoms with Crippen LogP contribution in [0, 0.1) is 0 Å². The molecule has 0 fully saturated rings. The number of aromatic nitrogens is 1. The zero-order chi connectivity index (χ0) is 28.0. The van der Waals surface area contributed by atoms with E-state index in [-0.39, 0.29) is 15.4 Å². The molecule has 0 atom stereocenters. The Hall–Kier alpha value is -3.30. The quantitative estimate of drug-likeness (QED) is 0.206. The number of pyridine rings is 1. The second-order valence-electron chi connectivity index (χ2n) is 11.1. The molecule has 0 N–H and O–H groups in total. The van der Waals surface area contributed by atoms with Crippen LogP contribution in [-0.4, -0.2) is 41.8 Å². The minimum absolute atomic E-state index is 0.0211. The van der Waals surface area contributed by atoms with Crippen molar-refractivity contribution in [3.63, 3.8) is 0 Å². The number of nitrogens with zero attached hydrogens (tertiary/aromatic N) is 1. The third-order valence-corrected chi connectivity index (χ3v) is 12.8. The summed E-state index contributed by atoms with van der Waals surface area (Å²) in [5.41, 5.74) is 1.95. The number of benzene rings is 3. The van der Waals surface area contributed by atoms with Crippen LogP contribution in [0.1, 0.15) is 26.3 Å². The summed E-state index contributed by atoms with van der Waals surface area (Å²) in [6.45, 7) is 11.2. The Morgan fingerprint density at radius 2 is 1.45 bits per heavy atom. The molecule has 1 aromatic heterocycles. The molecule has 4 rings (SSSR count). The lowest BCUT2D eigenvalue weighted by Crippen LogP contribution is -2.44. The lowest BCUT2D eigenvalue weighted by molar-refractivity contribution is 0.353. The highest BCUT2D eigenvalue weighted by atomic mass is 32.2. The van der Waals surface area contributed by atoms with Crippen LogP contribution in [0.4, 0.5) is 0 Å². The highest BCUT2D eigenvalue weighted by Crippen LogP contribution is 2.45. The van der Waals surface area contributed by atoms with Gasteiger partial charge in [-0.1, -0.05) is 32.9 Å². The van der Waals surface area contributed by atoms with Gasteiger partial charge in [0, 0.05) is 23.6 Å². The van der Waals surface area contributed by atoms with Gasteiger partial charge in [0.2, 0.25) is 0 Å². The Morgan fingerprint density at radius 1 is 0.868 bits per heavy atom. The van der Waals surface area contributed by atoms with Crippen LogP contribution in [0.5, 0.6) is 17.2 Å². The van der Waals surface area contributed by atoms with Crippen molar-refractivity contribution in [1.82, 2.24) is 4.57 Å². The zero-order valence-electron chi connectivity index (χ0n) is 23.2. The minimum Gasteiger partial charge on any atom is -0.539 e. The molecule has 0 amide bonds.